The molecule has 0 spiro atoms. The van der Waals surface area contributed by atoms with Crippen molar-refractivity contribution in [3.05, 3.63) is 11.2 Å². The van der Waals surface area contributed by atoms with E-state index in [4.69, 9.17) is 11.6 Å². The van der Waals surface area contributed by atoms with Gasteiger partial charge in [-0.05, 0) is 0 Å². The number of likely N-dealkylation sites (N-methyl/N-ethyl adjacent to an activating group) is 1. The van der Waals surface area contributed by atoms with E-state index in [1.54, 1.807) is 6.08 Å². The fourth-order valence-electron chi connectivity index (χ4n) is 0.549. The maximum Gasteiger partial charge on any atom is 0.152 e. The molecule has 2 N–H and O–H groups in total. The quantitative estimate of drug-likeness (QED) is 0.492. The molecule has 0 aromatic rings. The maximum atomic E-state index is 5.64. The minimum atomic E-state index is 0.540. The Morgan fingerprint density at radius 2 is 2.30 bits per heavy atom. The number of amidine groups is 1. The number of rotatable bonds is 0. The first-order valence-corrected chi connectivity index (χ1v) is 3.21. The van der Waals surface area contributed by atoms with E-state index in [2.05, 4.69) is 16.1 Å². The summed E-state index contributed by atoms with van der Waals surface area (Å²) in [6, 6.07) is 0. The van der Waals surface area contributed by atoms with Crippen molar-refractivity contribution in [2.24, 2.45) is 5.10 Å². The van der Waals surface area contributed by atoms with Crippen molar-refractivity contribution in [1.82, 2.24) is 15.9 Å². The normalized spacial score (nSPS) is 16.3. The molecule has 0 aromatic carbocycles. The summed E-state index contributed by atoms with van der Waals surface area (Å²) in [5.41, 5.74) is 5.19. The van der Waals surface area contributed by atoms with Gasteiger partial charge in [-0.3, -0.25) is 5.43 Å². The van der Waals surface area contributed by atoms with Gasteiger partial charge in [0.1, 0.15) is 5.16 Å². The summed E-state index contributed by atoms with van der Waals surface area (Å²) in [5.74, 6) is 0.795. The molecule has 0 aromatic heterocycles. The monoisotopic (exact) mass is 160 g/mol. The molecule has 10 heavy (non-hydrogen) atoms. The van der Waals surface area contributed by atoms with Crippen LogP contribution in [0.25, 0.3) is 0 Å². The number of halogens is 1. The molecule has 1 aliphatic heterocycles. The fraction of sp³-hybridized carbons (Fsp3) is 0.400. The SMILES string of the molecule is CN(C)C1=NNNC(Cl)=C1. The summed E-state index contributed by atoms with van der Waals surface area (Å²) in [6.07, 6.45) is 1.73. The average Bonchev–Trinajstić information content (AvgIpc) is 1.88. The van der Waals surface area contributed by atoms with Gasteiger partial charge in [0, 0.05) is 20.2 Å². The molecule has 0 saturated heterocycles. The minimum Gasteiger partial charge on any atom is -0.361 e. The van der Waals surface area contributed by atoms with Crippen LogP contribution in [0.15, 0.2) is 16.3 Å². The van der Waals surface area contributed by atoms with Gasteiger partial charge in [-0.2, -0.15) is 0 Å². The standard InChI is InChI=1S/C5H9ClN4/c1-10(2)5-3-4(6)7-9-8-5/h3,7,9H,1-2H3. The molecule has 0 bridgehead atoms. The van der Waals surface area contributed by atoms with Crippen LogP contribution in [0.5, 0.6) is 0 Å². The first-order valence-electron chi connectivity index (χ1n) is 2.83. The first kappa shape index (κ1) is 7.21. The van der Waals surface area contributed by atoms with Crippen molar-refractivity contribution in [3.8, 4) is 0 Å². The van der Waals surface area contributed by atoms with Crippen molar-refractivity contribution in [2.75, 3.05) is 14.1 Å². The summed E-state index contributed by atoms with van der Waals surface area (Å²) < 4.78 is 0. The van der Waals surface area contributed by atoms with Gasteiger partial charge >= 0.3 is 0 Å². The van der Waals surface area contributed by atoms with E-state index < -0.39 is 0 Å². The van der Waals surface area contributed by atoms with Gasteiger partial charge < -0.3 is 4.90 Å². The predicted octanol–water partition coefficient (Wildman–Crippen LogP) is 0.0495. The van der Waals surface area contributed by atoms with Crippen LogP contribution in [-0.2, 0) is 0 Å². The van der Waals surface area contributed by atoms with E-state index in [0.29, 0.717) is 5.16 Å². The Bertz CT molecular complexity index is 184. The largest absolute Gasteiger partial charge is 0.361 e. The zero-order valence-electron chi connectivity index (χ0n) is 5.85. The second-order valence-electron chi connectivity index (χ2n) is 2.09. The molecule has 0 unspecified atom stereocenters. The summed E-state index contributed by atoms with van der Waals surface area (Å²) >= 11 is 5.64. The Kier molecular flexibility index (Phi) is 2.01. The highest BCUT2D eigenvalue weighted by atomic mass is 35.5. The van der Waals surface area contributed by atoms with Crippen LogP contribution in [0.3, 0.4) is 0 Å². The first-order chi connectivity index (χ1) is 4.70. The smallest absolute Gasteiger partial charge is 0.152 e. The molecule has 0 amide bonds. The molecule has 1 aliphatic rings. The molecule has 0 aliphatic carbocycles. The second kappa shape index (κ2) is 2.79. The van der Waals surface area contributed by atoms with Gasteiger partial charge in [0.25, 0.3) is 0 Å². The summed E-state index contributed by atoms with van der Waals surface area (Å²) in [6.45, 7) is 0. The van der Waals surface area contributed by atoms with Crippen molar-refractivity contribution in [1.29, 1.82) is 0 Å². The number of nitrogens with zero attached hydrogens (tertiary/aromatic N) is 2. The third-order valence-electron chi connectivity index (χ3n) is 1.06. The lowest BCUT2D eigenvalue weighted by atomic mass is 10.5. The maximum absolute atomic E-state index is 5.64. The van der Waals surface area contributed by atoms with Crippen molar-refractivity contribution < 1.29 is 0 Å². The second-order valence-corrected chi connectivity index (χ2v) is 2.50. The van der Waals surface area contributed by atoms with Crippen LogP contribution in [0.2, 0.25) is 0 Å². The highest BCUT2D eigenvalue weighted by Crippen LogP contribution is 1.99. The number of nitrogens with one attached hydrogen (secondary N) is 2. The van der Waals surface area contributed by atoms with Gasteiger partial charge in [-0.25, -0.2) is 5.53 Å². The summed E-state index contributed by atoms with van der Waals surface area (Å²) in [5, 5.41) is 4.44. The molecule has 5 heteroatoms. The number of hydrogen-bond donors (Lipinski definition) is 2. The molecule has 56 valence electrons. The lowest BCUT2D eigenvalue weighted by Crippen LogP contribution is -2.34. The third kappa shape index (κ3) is 1.54. The van der Waals surface area contributed by atoms with Crippen LogP contribution < -0.4 is 11.0 Å². The van der Waals surface area contributed by atoms with E-state index in [0.717, 1.165) is 5.84 Å². The van der Waals surface area contributed by atoms with Gasteiger partial charge in [0.05, 0.1) is 0 Å². The highest BCUT2D eigenvalue weighted by Gasteiger charge is 2.03. The number of hydrazone groups is 1. The van der Waals surface area contributed by atoms with Crippen molar-refractivity contribution >= 4 is 17.4 Å². The zero-order chi connectivity index (χ0) is 7.56. The molecular formula is C5H9ClN4. The lowest BCUT2D eigenvalue weighted by molar-refractivity contribution is 0.575. The molecule has 4 nitrogen and oxygen atoms in total. The molecule has 1 rings (SSSR count). The van der Waals surface area contributed by atoms with Gasteiger partial charge in [0.15, 0.2) is 5.84 Å². The summed E-state index contributed by atoms with van der Waals surface area (Å²) in [4.78, 5) is 1.86. The van der Waals surface area contributed by atoms with Crippen LogP contribution in [0.4, 0.5) is 0 Å². The van der Waals surface area contributed by atoms with E-state index in [-0.39, 0.29) is 0 Å². The van der Waals surface area contributed by atoms with Gasteiger partial charge in [-0.1, -0.05) is 11.6 Å². The predicted molar refractivity (Wildman–Crippen MR) is 41.3 cm³/mol. The average molecular weight is 161 g/mol. The van der Waals surface area contributed by atoms with Gasteiger partial charge in [0.2, 0.25) is 0 Å². The Morgan fingerprint density at radius 3 is 2.70 bits per heavy atom. The van der Waals surface area contributed by atoms with E-state index in [1.807, 2.05) is 19.0 Å². The van der Waals surface area contributed by atoms with Gasteiger partial charge in [-0.15, -0.1) is 5.10 Å². The van der Waals surface area contributed by atoms with E-state index in [9.17, 15) is 0 Å². The number of hydrogen-bond acceptors (Lipinski definition) is 4. The Labute approximate surface area is 64.5 Å². The molecule has 0 radical (unpaired) electrons. The Morgan fingerprint density at radius 1 is 1.60 bits per heavy atom. The molecule has 1 heterocycles. The Hall–Kier alpha value is -0.900. The molecule has 0 fully saturated rings. The topological polar surface area (TPSA) is 39.7 Å². The van der Waals surface area contributed by atoms with E-state index in [1.165, 1.54) is 0 Å². The molecule has 0 atom stereocenters. The molecular weight excluding hydrogens is 152 g/mol. The van der Waals surface area contributed by atoms with Crippen molar-refractivity contribution in [3.63, 3.8) is 0 Å². The highest BCUT2D eigenvalue weighted by molar-refractivity contribution is 6.30. The van der Waals surface area contributed by atoms with Crippen LogP contribution in [-0.4, -0.2) is 24.8 Å². The molecule has 0 saturated carbocycles. The lowest BCUT2D eigenvalue weighted by Gasteiger charge is -2.17. The number of hydrazine groups is 1. The zero-order valence-corrected chi connectivity index (χ0v) is 6.61. The van der Waals surface area contributed by atoms with Crippen LogP contribution in [0, 0.1) is 0 Å². The Balaban J connectivity index is 2.69. The third-order valence-corrected chi connectivity index (χ3v) is 1.26. The fourth-order valence-corrected chi connectivity index (χ4v) is 0.689. The van der Waals surface area contributed by atoms with E-state index >= 15 is 0 Å². The minimum absolute atomic E-state index is 0.540. The summed E-state index contributed by atoms with van der Waals surface area (Å²) in [7, 11) is 3.79. The van der Waals surface area contributed by atoms with Crippen LogP contribution >= 0.6 is 11.6 Å². The van der Waals surface area contributed by atoms with Crippen LogP contribution in [0.1, 0.15) is 0 Å². The van der Waals surface area contributed by atoms with Crippen molar-refractivity contribution in [2.45, 2.75) is 0 Å².